The maximum absolute atomic E-state index is 12.4. The maximum atomic E-state index is 12.4. The summed E-state index contributed by atoms with van der Waals surface area (Å²) in [5.74, 6) is -0.243. The molecule has 27 heavy (non-hydrogen) atoms. The van der Waals surface area contributed by atoms with E-state index in [-0.39, 0.29) is 11.9 Å². The number of imidazole rings is 1. The molecule has 0 aliphatic rings. The molecule has 9 heteroatoms. The molecule has 8 nitrogen and oxygen atoms in total. The number of nitrogens with two attached hydrogens (primary N) is 1. The van der Waals surface area contributed by atoms with Crippen LogP contribution in [0.3, 0.4) is 0 Å². The largest absolute Gasteiger partial charge is 0.443 e. The van der Waals surface area contributed by atoms with Crippen LogP contribution in [0.15, 0.2) is 41.4 Å². The third kappa shape index (κ3) is 4.32. The number of carbonyl (C=O) groups is 2. The van der Waals surface area contributed by atoms with Crippen LogP contribution in [0.2, 0.25) is 0 Å². The molecule has 0 spiro atoms. The third-order valence-electron chi connectivity index (χ3n) is 3.47. The van der Waals surface area contributed by atoms with Gasteiger partial charge in [0.15, 0.2) is 0 Å². The molecule has 0 saturated carbocycles. The summed E-state index contributed by atoms with van der Waals surface area (Å²) >= 11 is 1.35. The number of aromatic nitrogens is 3. The van der Waals surface area contributed by atoms with E-state index >= 15 is 0 Å². The van der Waals surface area contributed by atoms with Crippen molar-refractivity contribution in [3.63, 3.8) is 0 Å². The Morgan fingerprint density at radius 3 is 2.48 bits per heavy atom. The fourth-order valence-corrected chi connectivity index (χ4v) is 2.85. The van der Waals surface area contributed by atoms with E-state index in [2.05, 4.69) is 15.3 Å². The highest BCUT2D eigenvalue weighted by atomic mass is 32.1. The Kier molecular flexibility index (Phi) is 4.95. The molecule has 1 aromatic carbocycles. The number of nitrogen functional groups attached to an aromatic ring is 1. The molecule has 140 valence electrons. The highest BCUT2D eigenvalue weighted by Crippen LogP contribution is 2.25. The van der Waals surface area contributed by atoms with Gasteiger partial charge in [-0.25, -0.2) is 19.3 Å². The summed E-state index contributed by atoms with van der Waals surface area (Å²) in [6.07, 6.45) is 0.899. The van der Waals surface area contributed by atoms with Crippen molar-refractivity contribution in [2.24, 2.45) is 0 Å². The first-order valence-corrected chi connectivity index (χ1v) is 9.05. The van der Waals surface area contributed by atoms with Crippen LogP contribution in [-0.2, 0) is 4.74 Å². The molecule has 2 heterocycles. The van der Waals surface area contributed by atoms with Crippen molar-refractivity contribution in [1.29, 1.82) is 0 Å². The van der Waals surface area contributed by atoms with Crippen LogP contribution in [-0.4, -0.2) is 32.1 Å². The Morgan fingerprint density at radius 1 is 1.19 bits per heavy atom. The number of hydrogen-bond donors (Lipinski definition) is 2. The second-order valence-electron chi connectivity index (χ2n) is 6.72. The molecule has 0 aliphatic carbocycles. The van der Waals surface area contributed by atoms with Crippen LogP contribution >= 0.6 is 11.3 Å². The van der Waals surface area contributed by atoms with E-state index in [1.807, 2.05) is 0 Å². The molecule has 0 saturated heterocycles. The predicted molar refractivity (Wildman–Crippen MR) is 104 cm³/mol. The zero-order valence-electron chi connectivity index (χ0n) is 15.1. The summed E-state index contributed by atoms with van der Waals surface area (Å²) in [5, 5.41) is 4.44. The number of thiazole rings is 1. The van der Waals surface area contributed by atoms with Crippen molar-refractivity contribution in [3.05, 3.63) is 47.0 Å². The first-order chi connectivity index (χ1) is 12.7. The predicted octanol–water partition coefficient (Wildman–Crippen LogP) is 3.62. The van der Waals surface area contributed by atoms with Crippen LogP contribution in [0, 0.1) is 0 Å². The van der Waals surface area contributed by atoms with E-state index in [0.29, 0.717) is 22.6 Å². The Hall–Kier alpha value is -3.20. The van der Waals surface area contributed by atoms with Crippen LogP contribution in [0.25, 0.3) is 11.3 Å². The first-order valence-electron chi connectivity index (χ1n) is 8.11. The Bertz CT molecular complexity index is 956. The highest BCUT2D eigenvalue weighted by Gasteiger charge is 2.23. The Morgan fingerprint density at radius 2 is 1.89 bits per heavy atom. The van der Waals surface area contributed by atoms with Gasteiger partial charge in [-0.1, -0.05) is 12.1 Å². The maximum Gasteiger partial charge on any atom is 0.421 e. The molecule has 0 aliphatic heterocycles. The minimum Gasteiger partial charge on any atom is -0.443 e. The van der Waals surface area contributed by atoms with Crippen molar-refractivity contribution >= 4 is 35.0 Å². The summed E-state index contributed by atoms with van der Waals surface area (Å²) in [4.78, 5) is 32.5. The summed E-state index contributed by atoms with van der Waals surface area (Å²) in [6, 6.07) is 6.96. The molecule has 3 aromatic rings. The van der Waals surface area contributed by atoms with Crippen LogP contribution in [0.4, 0.5) is 16.4 Å². The topological polar surface area (TPSA) is 112 Å². The number of nitrogens with zero attached hydrogens (tertiary/aromatic N) is 3. The van der Waals surface area contributed by atoms with Gasteiger partial charge in [-0.05, 0) is 32.9 Å². The van der Waals surface area contributed by atoms with Crippen molar-refractivity contribution in [1.82, 2.24) is 14.5 Å². The number of rotatable bonds is 3. The second kappa shape index (κ2) is 7.20. The number of carbonyl (C=O) groups excluding carboxylic acids is 2. The third-order valence-corrected chi connectivity index (χ3v) is 4.06. The van der Waals surface area contributed by atoms with Gasteiger partial charge in [0, 0.05) is 16.6 Å². The van der Waals surface area contributed by atoms with Gasteiger partial charge in [0.25, 0.3) is 5.91 Å². The molecule has 0 fully saturated rings. The number of benzene rings is 1. The van der Waals surface area contributed by atoms with Crippen LogP contribution < -0.4 is 11.1 Å². The fraction of sp³-hybridized carbons (Fsp3) is 0.222. The van der Waals surface area contributed by atoms with Gasteiger partial charge in [-0.2, -0.15) is 0 Å². The van der Waals surface area contributed by atoms with Gasteiger partial charge >= 0.3 is 6.09 Å². The minimum atomic E-state index is -0.658. The van der Waals surface area contributed by atoms with E-state index in [1.165, 1.54) is 22.1 Å². The lowest BCUT2D eigenvalue weighted by Gasteiger charge is -2.20. The van der Waals surface area contributed by atoms with Gasteiger partial charge in [-0.3, -0.25) is 4.79 Å². The van der Waals surface area contributed by atoms with Crippen molar-refractivity contribution < 1.29 is 14.3 Å². The molecular weight excluding hydrogens is 366 g/mol. The average molecular weight is 385 g/mol. The summed E-state index contributed by atoms with van der Waals surface area (Å²) in [7, 11) is 0. The molecule has 3 N–H and O–H groups in total. The van der Waals surface area contributed by atoms with Gasteiger partial charge < -0.3 is 15.8 Å². The van der Waals surface area contributed by atoms with E-state index in [9.17, 15) is 9.59 Å². The number of ether oxygens (including phenoxy) is 1. The van der Waals surface area contributed by atoms with E-state index in [0.717, 1.165) is 0 Å². The normalized spacial score (nSPS) is 11.2. The zero-order chi connectivity index (χ0) is 19.6. The molecule has 2 aromatic heterocycles. The Balaban J connectivity index is 1.82. The molecule has 0 unspecified atom stereocenters. The van der Waals surface area contributed by atoms with Crippen LogP contribution in [0.1, 0.15) is 31.3 Å². The van der Waals surface area contributed by atoms with E-state index in [4.69, 9.17) is 10.5 Å². The number of amides is 1. The summed E-state index contributed by atoms with van der Waals surface area (Å²) < 4.78 is 6.60. The van der Waals surface area contributed by atoms with Crippen molar-refractivity contribution in [3.8, 4) is 11.3 Å². The molecular formula is C18H19N5O3S. The number of anilines is 2. The lowest BCUT2D eigenvalue weighted by Crippen LogP contribution is -2.28. The average Bonchev–Trinajstić information content (AvgIpc) is 3.23. The zero-order valence-corrected chi connectivity index (χ0v) is 15.9. The highest BCUT2D eigenvalue weighted by molar-refractivity contribution is 7.07. The monoisotopic (exact) mass is 385 g/mol. The SMILES string of the molecule is CC(C)(C)OC(=O)n1c(-c2ccc(NC(=O)c3cscn3)cc2)cnc1N. The van der Waals surface area contributed by atoms with Crippen molar-refractivity contribution in [2.45, 2.75) is 26.4 Å². The standard InChI is InChI=1S/C18H19N5O3S/c1-18(2,3)26-17(25)23-14(8-20-16(23)19)11-4-6-12(7-5-11)22-15(24)13-9-27-10-21-13/h4-10H,1-3H3,(H2,19,20)(H,22,24). The first kappa shape index (κ1) is 18.6. The quantitative estimate of drug-likeness (QED) is 0.712. The summed E-state index contributed by atoms with van der Waals surface area (Å²) in [6.45, 7) is 5.33. The molecule has 0 atom stereocenters. The molecule has 1 amide bonds. The Labute approximate surface area is 160 Å². The van der Waals surface area contributed by atoms with Gasteiger partial charge in [0.05, 0.1) is 17.4 Å². The van der Waals surface area contributed by atoms with Crippen LogP contribution in [0.5, 0.6) is 0 Å². The minimum absolute atomic E-state index is 0.0418. The van der Waals surface area contributed by atoms with E-state index < -0.39 is 11.7 Å². The molecule has 0 bridgehead atoms. The second-order valence-corrected chi connectivity index (χ2v) is 7.44. The smallest absolute Gasteiger partial charge is 0.421 e. The number of nitrogens with one attached hydrogen (secondary N) is 1. The van der Waals surface area contributed by atoms with Gasteiger partial charge in [-0.15, -0.1) is 11.3 Å². The summed E-state index contributed by atoms with van der Waals surface area (Å²) in [5.41, 5.74) is 8.95. The van der Waals surface area contributed by atoms with Gasteiger partial charge in [0.2, 0.25) is 5.95 Å². The van der Waals surface area contributed by atoms with Crippen molar-refractivity contribution in [2.75, 3.05) is 11.1 Å². The lowest BCUT2D eigenvalue weighted by atomic mass is 10.1. The fourth-order valence-electron chi connectivity index (χ4n) is 2.31. The number of hydrogen-bond acceptors (Lipinski definition) is 7. The van der Waals surface area contributed by atoms with Gasteiger partial charge in [0.1, 0.15) is 11.3 Å². The lowest BCUT2D eigenvalue weighted by molar-refractivity contribution is 0.0543. The van der Waals surface area contributed by atoms with E-state index in [1.54, 1.807) is 55.9 Å². The molecule has 0 radical (unpaired) electrons. The molecule has 3 rings (SSSR count).